The average molecular weight is 265 g/mol. The highest BCUT2D eigenvalue weighted by Crippen LogP contribution is 2.19. The molecule has 1 N–H and O–H groups in total. The Balaban J connectivity index is 1.82. The smallest absolute Gasteiger partial charge is 0.246 e. The Morgan fingerprint density at radius 2 is 2.44 bits per heavy atom. The van der Waals surface area contributed by atoms with Crippen molar-refractivity contribution in [3.05, 3.63) is 29.1 Å². The van der Waals surface area contributed by atoms with Gasteiger partial charge < -0.3 is 10.1 Å². The monoisotopic (exact) mass is 265 g/mol. The zero-order valence-corrected chi connectivity index (χ0v) is 10.9. The lowest BCUT2D eigenvalue weighted by Crippen LogP contribution is -2.30. The average Bonchev–Trinajstić information content (AvgIpc) is 2.99. The molecule has 2 aromatic rings. The van der Waals surface area contributed by atoms with Gasteiger partial charge in [0.25, 0.3) is 0 Å². The number of carbonyl (C=O) groups is 1. The van der Waals surface area contributed by atoms with Crippen LogP contribution in [0.3, 0.4) is 0 Å². The number of hydrogen-bond acceptors (Lipinski definition) is 4. The number of nitrogens with zero attached hydrogens (tertiary/aromatic N) is 2. The summed E-state index contributed by atoms with van der Waals surface area (Å²) >= 11 is 1.65. The van der Waals surface area contributed by atoms with Crippen LogP contribution in [0, 0.1) is 0 Å². The van der Waals surface area contributed by atoms with Gasteiger partial charge in [-0.25, -0.2) is 0 Å². The molecule has 0 atom stereocenters. The fourth-order valence-corrected chi connectivity index (χ4v) is 2.19. The molecular weight excluding hydrogens is 250 g/mol. The molecule has 0 unspecified atom stereocenters. The molecule has 5 nitrogen and oxygen atoms in total. The Morgan fingerprint density at radius 1 is 1.56 bits per heavy atom. The van der Waals surface area contributed by atoms with E-state index in [0.29, 0.717) is 13.1 Å². The summed E-state index contributed by atoms with van der Waals surface area (Å²) in [6, 6.07) is 4.01. The Morgan fingerprint density at radius 3 is 3.17 bits per heavy atom. The van der Waals surface area contributed by atoms with Crippen LogP contribution < -0.4 is 5.32 Å². The molecule has 0 aliphatic heterocycles. The van der Waals surface area contributed by atoms with Gasteiger partial charge in [-0.3, -0.25) is 9.48 Å². The van der Waals surface area contributed by atoms with Crippen molar-refractivity contribution in [2.75, 3.05) is 20.3 Å². The zero-order chi connectivity index (χ0) is 12.8. The van der Waals surface area contributed by atoms with E-state index in [2.05, 4.69) is 15.8 Å². The van der Waals surface area contributed by atoms with Crippen molar-refractivity contribution < 1.29 is 9.53 Å². The van der Waals surface area contributed by atoms with E-state index in [1.165, 1.54) is 7.11 Å². The molecule has 0 aliphatic carbocycles. The van der Waals surface area contributed by atoms with Crippen LogP contribution in [0.1, 0.15) is 0 Å². The molecule has 0 fully saturated rings. The van der Waals surface area contributed by atoms with Crippen molar-refractivity contribution >= 4 is 17.2 Å². The third kappa shape index (κ3) is 3.41. The molecule has 0 radical (unpaired) electrons. The summed E-state index contributed by atoms with van der Waals surface area (Å²) < 4.78 is 6.55. The molecule has 0 spiro atoms. The van der Waals surface area contributed by atoms with Gasteiger partial charge in [-0.05, 0) is 17.5 Å². The molecule has 6 heteroatoms. The molecular formula is C12H15N3O2S. The van der Waals surface area contributed by atoms with Crippen molar-refractivity contribution in [3.63, 3.8) is 0 Å². The van der Waals surface area contributed by atoms with Crippen LogP contribution >= 0.6 is 11.3 Å². The van der Waals surface area contributed by atoms with Crippen LogP contribution in [-0.2, 0) is 16.1 Å². The summed E-state index contributed by atoms with van der Waals surface area (Å²) in [7, 11) is 1.50. The Labute approximate surface area is 109 Å². The SMILES string of the molecule is COCC(=O)NCCn1ccc(-c2ccsc2)n1. The highest BCUT2D eigenvalue weighted by Gasteiger charge is 2.03. The van der Waals surface area contributed by atoms with E-state index in [0.717, 1.165) is 11.3 Å². The van der Waals surface area contributed by atoms with E-state index in [-0.39, 0.29) is 12.5 Å². The summed E-state index contributed by atoms with van der Waals surface area (Å²) in [6.45, 7) is 1.30. The second kappa shape index (κ2) is 6.32. The number of aromatic nitrogens is 2. The molecule has 0 saturated heterocycles. The van der Waals surface area contributed by atoms with Gasteiger partial charge in [0, 0.05) is 30.8 Å². The van der Waals surface area contributed by atoms with Crippen molar-refractivity contribution in [2.24, 2.45) is 0 Å². The first-order valence-electron chi connectivity index (χ1n) is 5.61. The minimum atomic E-state index is -0.109. The normalized spacial score (nSPS) is 10.5. The van der Waals surface area contributed by atoms with Gasteiger partial charge in [-0.15, -0.1) is 0 Å². The molecule has 0 saturated carbocycles. The molecule has 0 aromatic carbocycles. The zero-order valence-electron chi connectivity index (χ0n) is 10.1. The highest BCUT2D eigenvalue weighted by atomic mass is 32.1. The van der Waals surface area contributed by atoms with E-state index < -0.39 is 0 Å². The van der Waals surface area contributed by atoms with Crippen LogP contribution in [0.5, 0.6) is 0 Å². The van der Waals surface area contributed by atoms with E-state index in [4.69, 9.17) is 4.74 Å². The largest absolute Gasteiger partial charge is 0.375 e. The first-order valence-corrected chi connectivity index (χ1v) is 6.55. The Bertz CT molecular complexity index is 493. The fourth-order valence-electron chi connectivity index (χ4n) is 1.54. The van der Waals surface area contributed by atoms with Crippen LogP contribution in [0.25, 0.3) is 11.3 Å². The van der Waals surface area contributed by atoms with Crippen molar-refractivity contribution in [1.82, 2.24) is 15.1 Å². The van der Waals surface area contributed by atoms with Gasteiger partial charge in [0.15, 0.2) is 0 Å². The maximum absolute atomic E-state index is 11.2. The van der Waals surface area contributed by atoms with Crippen LogP contribution in [0.4, 0.5) is 0 Å². The summed E-state index contributed by atoms with van der Waals surface area (Å²) in [6.07, 6.45) is 1.91. The number of nitrogens with one attached hydrogen (secondary N) is 1. The predicted octanol–water partition coefficient (Wildman–Crippen LogP) is 1.37. The summed E-state index contributed by atoms with van der Waals surface area (Å²) in [5, 5.41) is 11.3. The number of amides is 1. The molecule has 1 amide bonds. The molecule has 2 heterocycles. The van der Waals surface area contributed by atoms with E-state index >= 15 is 0 Å². The third-order valence-electron chi connectivity index (χ3n) is 2.40. The van der Waals surface area contributed by atoms with Gasteiger partial charge >= 0.3 is 0 Å². The highest BCUT2D eigenvalue weighted by molar-refractivity contribution is 7.08. The summed E-state index contributed by atoms with van der Waals surface area (Å²) in [5.74, 6) is -0.109. The Kier molecular flexibility index (Phi) is 4.49. The fraction of sp³-hybridized carbons (Fsp3) is 0.333. The third-order valence-corrected chi connectivity index (χ3v) is 3.08. The van der Waals surface area contributed by atoms with Crippen LogP contribution in [-0.4, -0.2) is 35.9 Å². The lowest BCUT2D eigenvalue weighted by molar-refractivity contribution is -0.124. The maximum Gasteiger partial charge on any atom is 0.246 e. The van der Waals surface area contributed by atoms with Gasteiger partial charge in [0.1, 0.15) is 6.61 Å². The standard InChI is InChI=1S/C12H15N3O2S/c1-17-8-12(16)13-4-6-15-5-2-11(14-15)10-3-7-18-9-10/h2-3,5,7,9H,4,6,8H2,1H3,(H,13,16). The van der Waals surface area contributed by atoms with Crippen LogP contribution in [0.15, 0.2) is 29.1 Å². The second-order valence-corrected chi connectivity index (χ2v) is 4.54. The number of thiophene rings is 1. The number of hydrogen-bond donors (Lipinski definition) is 1. The molecule has 18 heavy (non-hydrogen) atoms. The van der Waals surface area contributed by atoms with E-state index in [1.807, 2.05) is 28.4 Å². The number of ether oxygens (including phenoxy) is 1. The molecule has 96 valence electrons. The van der Waals surface area contributed by atoms with Crippen molar-refractivity contribution in [1.29, 1.82) is 0 Å². The van der Waals surface area contributed by atoms with Gasteiger partial charge in [-0.1, -0.05) is 0 Å². The van der Waals surface area contributed by atoms with Crippen molar-refractivity contribution in [3.8, 4) is 11.3 Å². The van der Waals surface area contributed by atoms with Crippen LogP contribution in [0.2, 0.25) is 0 Å². The number of carbonyl (C=O) groups excluding carboxylic acids is 1. The minimum Gasteiger partial charge on any atom is -0.375 e. The van der Waals surface area contributed by atoms with E-state index in [9.17, 15) is 4.79 Å². The van der Waals surface area contributed by atoms with Crippen molar-refractivity contribution in [2.45, 2.75) is 6.54 Å². The minimum absolute atomic E-state index is 0.0965. The summed E-state index contributed by atoms with van der Waals surface area (Å²) in [4.78, 5) is 11.2. The van der Waals surface area contributed by atoms with Gasteiger partial charge in [0.05, 0.1) is 12.2 Å². The number of rotatable bonds is 6. The summed E-state index contributed by atoms with van der Waals surface area (Å²) in [5.41, 5.74) is 2.08. The lowest BCUT2D eigenvalue weighted by Gasteiger charge is -2.04. The molecule has 2 rings (SSSR count). The lowest BCUT2D eigenvalue weighted by atomic mass is 10.2. The molecule has 2 aromatic heterocycles. The Hall–Kier alpha value is -1.66. The maximum atomic E-state index is 11.2. The second-order valence-electron chi connectivity index (χ2n) is 3.76. The first-order chi connectivity index (χ1) is 8.79. The van der Waals surface area contributed by atoms with Gasteiger partial charge in [-0.2, -0.15) is 16.4 Å². The molecule has 0 bridgehead atoms. The topological polar surface area (TPSA) is 56.1 Å². The van der Waals surface area contributed by atoms with Gasteiger partial charge in [0.2, 0.25) is 5.91 Å². The first kappa shape index (κ1) is 12.8. The molecule has 0 aliphatic rings. The van der Waals surface area contributed by atoms with E-state index in [1.54, 1.807) is 11.3 Å². The predicted molar refractivity (Wildman–Crippen MR) is 70.4 cm³/mol. The quantitative estimate of drug-likeness (QED) is 0.858. The number of methoxy groups -OCH3 is 1.